The van der Waals surface area contributed by atoms with E-state index in [0.717, 1.165) is 39.7 Å². The minimum Gasteiger partial charge on any atom is -0.490 e. The van der Waals surface area contributed by atoms with Crippen molar-refractivity contribution in [2.45, 2.75) is 30.9 Å². The summed E-state index contributed by atoms with van der Waals surface area (Å²) in [5, 5.41) is 0. The van der Waals surface area contributed by atoms with Crippen molar-refractivity contribution in [1.29, 1.82) is 0 Å². The number of hydrogen-bond acceptors (Lipinski definition) is 4. The Kier molecular flexibility index (Phi) is 5.71. The lowest BCUT2D eigenvalue weighted by Gasteiger charge is -2.22. The van der Waals surface area contributed by atoms with Crippen LogP contribution in [-0.4, -0.2) is 50.3 Å². The van der Waals surface area contributed by atoms with Crippen LogP contribution < -0.4 is 4.74 Å². The number of carbonyl (C=O) groups is 1. The number of carbonyl (C=O) groups excluding carboxylic acids is 1. The van der Waals surface area contributed by atoms with Gasteiger partial charge in [0.2, 0.25) is 15.9 Å². The fraction of sp³-hybridized carbons (Fsp3) is 0.350. The topological polar surface area (TPSA) is 66.9 Å². The zero-order valence-corrected chi connectivity index (χ0v) is 16.9. The van der Waals surface area contributed by atoms with Crippen molar-refractivity contribution < 1.29 is 22.3 Å². The summed E-state index contributed by atoms with van der Waals surface area (Å²) in [4.78, 5) is 13.9. The Morgan fingerprint density at radius 2 is 1.86 bits per heavy atom. The van der Waals surface area contributed by atoms with E-state index in [9.17, 15) is 17.6 Å². The average Bonchev–Trinajstić information content (AvgIpc) is 3.01. The maximum absolute atomic E-state index is 13.0. The first-order valence-electron chi connectivity index (χ1n) is 8.91. The normalized spacial score (nSPS) is 16.0. The molecule has 1 aliphatic rings. The number of halogens is 1. The van der Waals surface area contributed by atoms with E-state index in [0.29, 0.717) is 6.54 Å². The third kappa shape index (κ3) is 4.34. The van der Waals surface area contributed by atoms with Gasteiger partial charge in [-0.1, -0.05) is 12.1 Å². The number of benzene rings is 2. The maximum Gasteiger partial charge on any atom is 0.243 e. The SMILES string of the molecule is C[C@@H]1Cc2cc(CN(C)C(=O)CN(C)S(=O)(=O)c3ccc(F)cc3)ccc2O1. The first-order valence-corrected chi connectivity index (χ1v) is 10.3. The van der Waals surface area contributed by atoms with E-state index < -0.39 is 15.8 Å². The van der Waals surface area contributed by atoms with Crippen LogP contribution in [0.15, 0.2) is 47.4 Å². The van der Waals surface area contributed by atoms with Gasteiger partial charge < -0.3 is 9.64 Å². The number of fused-ring (bicyclic) bond motifs is 1. The van der Waals surface area contributed by atoms with Crippen molar-refractivity contribution in [2.24, 2.45) is 0 Å². The van der Waals surface area contributed by atoms with Crippen molar-refractivity contribution in [1.82, 2.24) is 9.21 Å². The second kappa shape index (κ2) is 7.89. The first-order chi connectivity index (χ1) is 13.2. The predicted molar refractivity (Wildman–Crippen MR) is 103 cm³/mol. The summed E-state index contributed by atoms with van der Waals surface area (Å²) in [6.45, 7) is 2.07. The summed E-state index contributed by atoms with van der Waals surface area (Å²) in [5.74, 6) is 0.0141. The second-order valence-corrected chi connectivity index (χ2v) is 9.08. The molecule has 1 amide bonds. The third-order valence-corrected chi connectivity index (χ3v) is 6.50. The number of rotatable bonds is 6. The third-order valence-electron chi connectivity index (χ3n) is 4.69. The molecule has 150 valence electrons. The molecule has 0 N–H and O–H groups in total. The monoisotopic (exact) mass is 406 g/mol. The summed E-state index contributed by atoms with van der Waals surface area (Å²) in [6, 6.07) is 10.3. The molecule has 0 saturated heterocycles. The molecule has 1 aliphatic heterocycles. The molecule has 0 unspecified atom stereocenters. The van der Waals surface area contributed by atoms with Crippen LogP contribution in [0.1, 0.15) is 18.1 Å². The zero-order valence-electron chi connectivity index (χ0n) is 16.1. The molecule has 2 aromatic carbocycles. The van der Waals surface area contributed by atoms with Gasteiger partial charge in [0.15, 0.2) is 0 Å². The van der Waals surface area contributed by atoms with Gasteiger partial charge in [0, 0.05) is 27.1 Å². The molecule has 0 aliphatic carbocycles. The van der Waals surface area contributed by atoms with Crippen LogP contribution in [-0.2, 0) is 27.8 Å². The molecule has 0 fully saturated rings. The zero-order chi connectivity index (χ0) is 20.5. The van der Waals surface area contributed by atoms with Crippen molar-refractivity contribution >= 4 is 15.9 Å². The quantitative estimate of drug-likeness (QED) is 0.739. The number of hydrogen-bond donors (Lipinski definition) is 0. The van der Waals surface area contributed by atoms with Crippen molar-refractivity contribution in [3.8, 4) is 5.75 Å². The fourth-order valence-corrected chi connectivity index (χ4v) is 4.24. The van der Waals surface area contributed by atoms with Crippen molar-refractivity contribution in [2.75, 3.05) is 20.6 Å². The van der Waals surface area contributed by atoms with E-state index in [1.54, 1.807) is 7.05 Å². The summed E-state index contributed by atoms with van der Waals surface area (Å²) in [6.07, 6.45) is 0.981. The van der Waals surface area contributed by atoms with Gasteiger partial charge in [-0.25, -0.2) is 12.8 Å². The molecule has 6 nitrogen and oxygen atoms in total. The predicted octanol–water partition coefficient (Wildman–Crippen LogP) is 2.43. The van der Waals surface area contributed by atoms with Crippen LogP contribution >= 0.6 is 0 Å². The summed E-state index contributed by atoms with van der Waals surface area (Å²) >= 11 is 0. The van der Waals surface area contributed by atoms with Crippen molar-refractivity contribution in [3.05, 3.63) is 59.4 Å². The lowest BCUT2D eigenvalue weighted by Crippen LogP contribution is -2.39. The van der Waals surface area contributed by atoms with Gasteiger partial charge in [0.1, 0.15) is 17.7 Å². The van der Waals surface area contributed by atoms with E-state index in [2.05, 4.69) is 0 Å². The summed E-state index contributed by atoms with van der Waals surface area (Å²) < 4.78 is 44.7. The highest BCUT2D eigenvalue weighted by molar-refractivity contribution is 7.89. The van der Waals surface area contributed by atoms with Gasteiger partial charge in [-0.05, 0) is 48.4 Å². The molecule has 0 aromatic heterocycles. The minimum atomic E-state index is -3.87. The van der Waals surface area contributed by atoms with E-state index in [1.165, 1.54) is 24.1 Å². The standard InChI is InChI=1S/C20H23FN2O4S/c1-14-10-16-11-15(4-9-19(16)27-14)12-22(2)20(24)13-23(3)28(25,26)18-7-5-17(21)6-8-18/h4-9,11,14H,10,12-13H2,1-3H3/t14-/m1/s1. The van der Waals surface area contributed by atoms with E-state index in [4.69, 9.17) is 4.74 Å². The number of sulfonamides is 1. The first kappa shape index (κ1) is 20.3. The maximum atomic E-state index is 13.0. The number of amides is 1. The lowest BCUT2D eigenvalue weighted by atomic mass is 10.1. The highest BCUT2D eigenvalue weighted by Crippen LogP contribution is 2.29. The Hall–Kier alpha value is -2.45. The molecule has 8 heteroatoms. The van der Waals surface area contributed by atoms with Gasteiger partial charge in [-0.3, -0.25) is 4.79 Å². The molecule has 0 bridgehead atoms. The molecule has 2 aromatic rings. The van der Waals surface area contributed by atoms with Crippen LogP contribution in [0.4, 0.5) is 4.39 Å². The average molecular weight is 406 g/mol. The van der Waals surface area contributed by atoms with E-state index in [1.807, 2.05) is 25.1 Å². The molecule has 0 spiro atoms. The Balaban J connectivity index is 1.64. The van der Waals surface area contributed by atoms with Crippen LogP contribution in [0, 0.1) is 5.82 Å². The minimum absolute atomic E-state index is 0.0559. The molecular weight excluding hydrogens is 383 g/mol. The van der Waals surface area contributed by atoms with Gasteiger partial charge in [-0.15, -0.1) is 0 Å². The number of nitrogens with zero attached hydrogens (tertiary/aromatic N) is 2. The Bertz CT molecular complexity index is 976. The number of likely N-dealkylation sites (N-methyl/N-ethyl adjacent to an activating group) is 2. The molecule has 0 saturated carbocycles. The number of ether oxygens (including phenoxy) is 1. The Labute approximate surface area is 164 Å². The highest BCUT2D eigenvalue weighted by Gasteiger charge is 2.25. The van der Waals surface area contributed by atoms with Crippen LogP contribution in [0.25, 0.3) is 0 Å². The summed E-state index contributed by atoms with van der Waals surface area (Å²) in [7, 11) is -0.905. The molecule has 1 atom stereocenters. The molecule has 1 heterocycles. The second-order valence-electron chi connectivity index (χ2n) is 7.04. The van der Waals surface area contributed by atoms with Gasteiger partial charge >= 0.3 is 0 Å². The summed E-state index contributed by atoms with van der Waals surface area (Å²) in [5.41, 5.74) is 2.07. The largest absolute Gasteiger partial charge is 0.490 e. The van der Waals surface area contributed by atoms with Crippen LogP contribution in [0.5, 0.6) is 5.75 Å². The van der Waals surface area contributed by atoms with Gasteiger partial charge in [0.25, 0.3) is 0 Å². The Morgan fingerprint density at radius 1 is 1.18 bits per heavy atom. The van der Waals surface area contributed by atoms with Crippen LogP contribution in [0.2, 0.25) is 0 Å². The van der Waals surface area contributed by atoms with Crippen molar-refractivity contribution in [3.63, 3.8) is 0 Å². The fourth-order valence-electron chi connectivity index (χ4n) is 3.12. The Morgan fingerprint density at radius 3 is 2.54 bits per heavy atom. The molecule has 28 heavy (non-hydrogen) atoms. The lowest BCUT2D eigenvalue weighted by molar-refractivity contribution is -0.130. The van der Waals surface area contributed by atoms with Crippen LogP contribution in [0.3, 0.4) is 0 Å². The smallest absolute Gasteiger partial charge is 0.243 e. The highest BCUT2D eigenvalue weighted by atomic mass is 32.2. The van der Waals surface area contributed by atoms with Gasteiger partial charge in [0.05, 0.1) is 11.4 Å². The van der Waals surface area contributed by atoms with E-state index in [-0.39, 0.29) is 23.5 Å². The van der Waals surface area contributed by atoms with Gasteiger partial charge in [-0.2, -0.15) is 4.31 Å². The van der Waals surface area contributed by atoms with E-state index >= 15 is 0 Å². The molecule has 0 radical (unpaired) electrons. The molecular formula is C20H23FN2O4S. The molecule has 3 rings (SSSR count).